The first-order valence-electron chi connectivity index (χ1n) is 10.3. The predicted molar refractivity (Wildman–Crippen MR) is 123 cm³/mol. The highest BCUT2D eigenvalue weighted by Gasteiger charge is 2.25. The summed E-state index contributed by atoms with van der Waals surface area (Å²) in [6.07, 6.45) is 2.02. The molecule has 0 radical (unpaired) electrons. The molecular weight excluding hydrogens is 410 g/mol. The fraction of sp³-hybridized carbons (Fsp3) is 0.200. The molecule has 1 aliphatic carbocycles. The van der Waals surface area contributed by atoms with Crippen LogP contribution in [0.3, 0.4) is 0 Å². The minimum Gasteiger partial charge on any atom is -0.349 e. The molecule has 5 nitrogen and oxygen atoms in total. The summed E-state index contributed by atoms with van der Waals surface area (Å²) in [5.41, 5.74) is 3.03. The highest BCUT2D eigenvalue weighted by atomic mass is 35.5. The fourth-order valence-corrected chi connectivity index (χ4v) is 3.52. The smallest absolute Gasteiger partial charge is 0.253 e. The molecule has 0 heterocycles. The quantitative estimate of drug-likeness (QED) is 0.488. The lowest BCUT2D eigenvalue weighted by molar-refractivity contribution is -0.115. The Kier molecular flexibility index (Phi) is 6.65. The molecule has 0 unspecified atom stereocenters. The number of halogens is 1. The van der Waals surface area contributed by atoms with E-state index >= 15 is 0 Å². The largest absolute Gasteiger partial charge is 0.349 e. The summed E-state index contributed by atoms with van der Waals surface area (Å²) in [7, 11) is 0. The standard InChI is InChI=1S/C25H24ClN3O2/c26-19-12-10-18(11-13-19)24(17-6-2-1-3-7-17)27-16-23(30)29-22-9-5-4-8-21(22)25(31)28-20-14-15-20/h1-13,20,24,27H,14-16H2,(H,28,31)(H,29,30)/t24-/m0/s1. The van der Waals surface area contributed by atoms with Crippen molar-refractivity contribution in [1.29, 1.82) is 0 Å². The Bertz CT molecular complexity index is 1050. The number of rotatable bonds is 8. The molecule has 31 heavy (non-hydrogen) atoms. The number of amides is 2. The normalized spacial score (nSPS) is 14.0. The molecule has 3 N–H and O–H groups in total. The van der Waals surface area contributed by atoms with Crippen LogP contribution in [0.15, 0.2) is 78.9 Å². The van der Waals surface area contributed by atoms with Gasteiger partial charge in [-0.25, -0.2) is 0 Å². The van der Waals surface area contributed by atoms with Crippen molar-refractivity contribution in [2.24, 2.45) is 0 Å². The summed E-state index contributed by atoms with van der Waals surface area (Å²) in [6.45, 7) is 0.0841. The molecule has 3 aromatic rings. The number of nitrogens with one attached hydrogen (secondary N) is 3. The van der Waals surface area contributed by atoms with Crippen LogP contribution in [0, 0.1) is 0 Å². The molecule has 1 saturated carbocycles. The summed E-state index contributed by atoms with van der Waals surface area (Å²) in [5.74, 6) is -0.378. The number of para-hydroxylation sites is 1. The van der Waals surface area contributed by atoms with Crippen molar-refractivity contribution in [3.05, 3.63) is 101 Å². The summed E-state index contributed by atoms with van der Waals surface area (Å²) in [6, 6.07) is 24.6. The predicted octanol–water partition coefficient (Wildman–Crippen LogP) is 4.55. The van der Waals surface area contributed by atoms with E-state index in [9.17, 15) is 9.59 Å². The first-order valence-corrected chi connectivity index (χ1v) is 10.7. The first-order chi connectivity index (χ1) is 15.1. The second kappa shape index (κ2) is 9.77. The van der Waals surface area contributed by atoms with E-state index in [4.69, 9.17) is 11.6 Å². The van der Waals surface area contributed by atoms with Crippen LogP contribution in [-0.4, -0.2) is 24.4 Å². The van der Waals surface area contributed by atoms with Crippen molar-refractivity contribution in [2.75, 3.05) is 11.9 Å². The van der Waals surface area contributed by atoms with Crippen molar-refractivity contribution in [3.63, 3.8) is 0 Å². The van der Waals surface area contributed by atoms with Crippen LogP contribution in [0.2, 0.25) is 5.02 Å². The molecule has 6 heteroatoms. The SMILES string of the molecule is O=C(CN[C@@H](c1ccccc1)c1ccc(Cl)cc1)Nc1ccccc1C(=O)NC1CC1. The van der Waals surface area contributed by atoms with Gasteiger partial charge in [-0.2, -0.15) is 0 Å². The van der Waals surface area contributed by atoms with Gasteiger partial charge in [0.15, 0.2) is 0 Å². The van der Waals surface area contributed by atoms with Gasteiger partial charge < -0.3 is 10.6 Å². The van der Waals surface area contributed by atoms with Crippen LogP contribution in [0.25, 0.3) is 0 Å². The number of carbonyl (C=O) groups excluding carboxylic acids is 2. The van der Waals surface area contributed by atoms with E-state index in [-0.39, 0.29) is 30.4 Å². The van der Waals surface area contributed by atoms with Gasteiger partial charge >= 0.3 is 0 Å². The van der Waals surface area contributed by atoms with Gasteiger partial charge in [0.05, 0.1) is 23.8 Å². The zero-order valence-corrected chi connectivity index (χ0v) is 17.7. The molecule has 2 amide bonds. The maximum absolute atomic E-state index is 12.7. The maximum atomic E-state index is 12.7. The Balaban J connectivity index is 1.45. The highest BCUT2D eigenvalue weighted by molar-refractivity contribution is 6.30. The molecule has 0 aromatic heterocycles. The van der Waals surface area contributed by atoms with E-state index < -0.39 is 0 Å². The average Bonchev–Trinajstić information content (AvgIpc) is 3.60. The van der Waals surface area contributed by atoms with Gasteiger partial charge in [-0.15, -0.1) is 0 Å². The van der Waals surface area contributed by atoms with Gasteiger partial charge in [0, 0.05) is 11.1 Å². The van der Waals surface area contributed by atoms with Crippen LogP contribution >= 0.6 is 11.6 Å². The second-order valence-corrected chi connectivity index (χ2v) is 8.05. The van der Waals surface area contributed by atoms with E-state index in [0.29, 0.717) is 16.3 Å². The van der Waals surface area contributed by atoms with Crippen LogP contribution in [-0.2, 0) is 4.79 Å². The molecule has 1 fully saturated rings. The van der Waals surface area contributed by atoms with E-state index in [1.807, 2.05) is 54.6 Å². The lowest BCUT2D eigenvalue weighted by Crippen LogP contribution is -2.33. The van der Waals surface area contributed by atoms with Crippen LogP contribution < -0.4 is 16.0 Å². The summed E-state index contributed by atoms with van der Waals surface area (Å²) >= 11 is 6.04. The van der Waals surface area contributed by atoms with Crippen molar-refractivity contribution < 1.29 is 9.59 Å². The number of hydrogen-bond acceptors (Lipinski definition) is 3. The molecule has 0 saturated heterocycles. The van der Waals surface area contributed by atoms with E-state index in [0.717, 1.165) is 24.0 Å². The van der Waals surface area contributed by atoms with Gasteiger partial charge in [-0.1, -0.05) is 66.2 Å². The zero-order chi connectivity index (χ0) is 21.6. The number of anilines is 1. The zero-order valence-electron chi connectivity index (χ0n) is 17.0. The van der Waals surface area contributed by atoms with Crippen molar-refractivity contribution in [1.82, 2.24) is 10.6 Å². The molecule has 4 rings (SSSR count). The van der Waals surface area contributed by atoms with Crippen LogP contribution in [0.5, 0.6) is 0 Å². The minimum absolute atomic E-state index is 0.0841. The van der Waals surface area contributed by atoms with E-state index in [2.05, 4.69) is 16.0 Å². The monoisotopic (exact) mass is 433 g/mol. The van der Waals surface area contributed by atoms with E-state index in [1.54, 1.807) is 24.3 Å². The van der Waals surface area contributed by atoms with Crippen molar-refractivity contribution in [2.45, 2.75) is 24.9 Å². The number of carbonyl (C=O) groups is 2. The topological polar surface area (TPSA) is 70.2 Å². The first kappa shape index (κ1) is 21.1. The minimum atomic E-state index is -0.221. The molecule has 3 aromatic carbocycles. The second-order valence-electron chi connectivity index (χ2n) is 7.62. The lowest BCUT2D eigenvalue weighted by atomic mass is 9.99. The fourth-order valence-electron chi connectivity index (χ4n) is 3.40. The molecule has 158 valence electrons. The van der Waals surface area contributed by atoms with E-state index in [1.165, 1.54) is 0 Å². The third-order valence-corrected chi connectivity index (χ3v) is 5.41. The van der Waals surface area contributed by atoms with Gasteiger partial charge in [0.25, 0.3) is 5.91 Å². The van der Waals surface area contributed by atoms with Crippen molar-refractivity contribution in [3.8, 4) is 0 Å². The molecule has 0 aliphatic heterocycles. The third kappa shape index (κ3) is 5.72. The molecule has 0 bridgehead atoms. The van der Waals surface area contributed by atoms with Crippen molar-refractivity contribution >= 4 is 29.1 Å². The Hall–Kier alpha value is -3.15. The molecule has 1 aliphatic rings. The maximum Gasteiger partial charge on any atom is 0.253 e. The van der Waals surface area contributed by atoms with Crippen LogP contribution in [0.1, 0.15) is 40.4 Å². The Labute approximate surface area is 186 Å². The summed E-state index contributed by atoms with van der Waals surface area (Å²) in [4.78, 5) is 25.2. The lowest BCUT2D eigenvalue weighted by Gasteiger charge is -2.20. The summed E-state index contributed by atoms with van der Waals surface area (Å²) < 4.78 is 0. The highest BCUT2D eigenvalue weighted by Crippen LogP contribution is 2.24. The Morgan fingerprint density at radius 3 is 2.23 bits per heavy atom. The van der Waals surface area contributed by atoms with Gasteiger partial charge in [0.1, 0.15) is 0 Å². The van der Waals surface area contributed by atoms with Gasteiger partial charge in [-0.05, 0) is 48.2 Å². The molecule has 1 atom stereocenters. The summed E-state index contributed by atoms with van der Waals surface area (Å²) in [5, 5.41) is 9.82. The Morgan fingerprint density at radius 2 is 1.52 bits per heavy atom. The number of benzene rings is 3. The Morgan fingerprint density at radius 1 is 0.871 bits per heavy atom. The third-order valence-electron chi connectivity index (χ3n) is 5.16. The number of hydrogen-bond donors (Lipinski definition) is 3. The average molecular weight is 434 g/mol. The van der Waals surface area contributed by atoms with Gasteiger partial charge in [0.2, 0.25) is 5.91 Å². The van der Waals surface area contributed by atoms with Gasteiger partial charge in [-0.3, -0.25) is 14.9 Å². The molecular formula is C25H24ClN3O2. The molecule has 0 spiro atoms. The van der Waals surface area contributed by atoms with Crippen LogP contribution in [0.4, 0.5) is 5.69 Å².